The number of likely N-dealkylation sites (N-methyl/N-ethyl adjacent to an activating group) is 1. The molecule has 2 aliphatic rings. The van der Waals surface area contributed by atoms with Gasteiger partial charge in [-0.15, -0.1) is 0 Å². The van der Waals surface area contributed by atoms with E-state index in [1.807, 2.05) is 30.3 Å². The van der Waals surface area contributed by atoms with Crippen LogP contribution in [0.25, 0.3) is 22.2 Å². The standard InChI is InChI=1S/C29H36N4O3/c1-32-12-14-33(15-13-32)11-8-18-36-28-21-26-25-20-27(28)35-17-6-4-2-3-5-16-34-24-10-7-9-23(19-24)29(25)31-22-30-26/h2-3,7,9-10,19-22H,4-6,8,11-18H2,1H3/b3-2+. The summed E-state index contributed by atoms with van der Waals surface area (Å²) in [7, 11) is 2.19. The number of fused-ring (bicyclic) bond motifs is 4. The molecule has 3 aromatic rings. The molecule has 5 rings (SSSR count). The van der Waals surface area contributed by atoms with Gasteiger partial charge in [-0.2, -0.15) is 0 Å². The van der Waals surface area contributed by atoms with E-state index in [0.29, 0.717) is 19.8 Å². The van der Waals surface area contributed by atoms with Gasteiger partial charge in [-0.3, -0.25) is 0 Å². The predicted molar refractivity (Wildman–Crippen MR) is 143 cm³/mol. The fraction of sp³-hybridized carbons (Fsp3) is 0.448. The molecule has 7 nitrogen and oxygen atoms in total. The lowest BCUT2D eigenvalue weighted by molar-refractivity contribution is 0.145. The van der Waals surface area contributed by atoms with Crippen LogP contribution < -0.4 is 14.2 Å². The molecule has 7 heteroatoms. The molecule has 3 heterocycles. The number of hydrogen-bond donors (Lipinski definition) is 0. The van der Waals surface area contributed by atoms with Gasteiger partial charge < -0.3 is 24.0 Å². The second-order valence-corrected chi connectivity index (χ2v) is 9.51. The van der Waals surface area contributed by atoms with E-state index in [-0.39, 0.29) is 0 Å². The highest BCUT2D eigenvalue weighted by Gasteiger charge is 2.16. The Kier molecular flexibility index (Phi) is 8.31. The van der Waals surface area contributed by atoms with Crippen molar-refractivity contribution in [3.05, 3.63) is 54.9 Å². The highest BCUT2D eigenvalue weighted by atomic mass is 16.5. The smallest absolute Gasteiger partial charge is 0.163 e. The van der Waals surface area contributed by atoms with Crippen molar-refractivity contribution in [2.24, 2.45) is 0 Å². The molecule has 36 heavy (non-hydrogen) atoms. The number of rotatable bonds is 5. The Morgan fingerprint density at radius 3 is 2.75 bits per heavy atom. The summed E-state index contributed by atoms with van der Waals surface area (Å²) >= 11 is 0. The molecule has 1 fully saturated rings. The van der Waals surface area contributed by atoms with Crippen molar-refractivity contribution in [3.63, 3.8) is 0 Å². The molecule has 0 atom stereocenters. The summed E-state index contributed by atoms with van der Waals surface area (Å²) in [6.07, 6.45) is 9.78. The van der Waals surface area contributed by atoms with Gasteiger partial charge >= 0.3 is 0 Å². The molecule has 2 aromatic carbocycles. The first kappa shape index (κ1) is 24.5. The second kappa shape index (κ2) is 12.2. The Balaban J connectivity index is 1.38. The third-order valence-electron chi connectivity index (χ3n) is 6.77. The molecule has 0 saturated carbocycles. The molecule has 0 spiro atoms. The highest BCUT2D eigenvalue weighted by Crippen LogP contribution is 2.36. The molecule has 0 radical (unpaired) electrons. The van der Waals surface area contributed by atoms with Gasteiger partial charge in [-0.05, 0) is 50.9 Å². The van der Waals surface area contributed by atoms with Gasteiger partial charge in [0.25, 0.3) is 0 Å². The van der Waals surface area contributed by atoms with Crippen LogP contribution in [0.5, 0.6) is 17.2 Å². The van der Waals surface area contributed by atoms with Crippen molar-refractivity contribution in [1.82, 2.24) is 19.8 Å². The van der Waals surface area contributed by atoms with E-state index in [9.17, 15) is 0 Å². The van der Waals surface area contributed by atoms with Crippen molar-refractivity contribution in [2.75, 3.05) is 59.6 Å². The monoisotopic (exact) mass is 488 g/mol. The molecular weight excluding hydrogens is 452 g/mol. The van der Waals surface area contributed by atoms with Gasteiger partial charge in [0, 0.05) is 49.7 Å². The number of nitrogens with zero attached hydrogens (tertiary/aromatic N) is 4. The molecule has 1 saturated heterocycles. The maximum Gasteiger partial charge on any atom is 0.163 e. The molecule has 4 bridgehead atoms. The van der Waals surface area contributed by atoms with E-state index >= 15 is 0 Å². The molecule has 0 aliphatic carbocycles. The lowest BCUT2D eigenvalue weighted by Gasteiger charge is -2.32. The number of piperazine rings is 1. The van der Waals surface area contributed by atoms with Gasteiger partial charge in [0.2, 0.25) is 0 Å². The summed E-state index contributed by atoms with van der Waals surface area (Å²) in [6, 6.07) is 12.1. The Morgan fingerprint density at radius 2 is 1.83 bits per heavy atom. The number of aromatic nitrogens is 2. The van der Waals surface area contributed by atoms with E-state index in [2.05, 4.69) is 45.0 Å². The lowest BCUT2D eigenvalue weighted by atomic mass is 10.1. The summed E-state index contributed by atoms with van der Waals surface area (Å²) in [5, 5.41) is 0.946. The van der Waals surface area contributed by atoms with E-state index in [1.54, 1.807) is 6.33 Å². The predicted octanol–water partition coefficient (Wildman–Crippen LogP) is 4.81. The zero-order chi connectivity index (χ0) is 24.6. The van der Waals surface area contributed by atoms with Gasteiger partial charge in [0.15, 0.2) is 11.5 Å². The van der Waals surface area contributed by atoms with Crippen molar-refractivity contribution < 1.29 is 14.2 Å². The lowest BCUT2D eigenvalue weighted by Crippen LogP contribution is -2.44. The van der Waals surface area contributed by atoms with Crippen molar-refractivity contribution in [3.8, 4) is 28.5 Å². The van der Waals surface area contributed by atoms with Crippen LogP contribution in [0.4, 0.5) is 0 Å². The van der Waals surface area contributed by atoms with Gasteiger partial charge in [-0.1, -0.05) is 24.3 Å². The minimum Gasteiger partial charge on any atom is -0.493 e. The molecule has 0 unspecified atom stereocenters. The van der Waals surface area contributed by atoms with Crippen molar-refractivity contribution in [2.45, 2.75) is 25.7 Å². The zero-order valence-electron chi connectivity index (χ0n) is 21.2. The average molecular weight is 489 g/mol. The first-order chi connectivity index (χ1) is 17.8. The summed E-state index contributed by atoms with van der Waals surface area (Å²) in [5.41, 5.74) is 2.70. The molecule has 190 valence electrons. The minimum atomic E-state index is 0.627. The van der Waals surface area contributed by atoms with E-state index in [0.717, 1.165) is 97.8 Å². The van der Waals surface area contributed by atoms with E-state index in [4.69, 9.17) is 14.2 Å². The molecule has 0 N–H and O–H groups in total. The average Bonchev–Trinajstić information content (AvgIpc) is 2.90. The van der Waals surface area contributed by atoms with Crippen molar-refractivity contribution in [1.29, 1.82) is 0 Å². The molecule has 1 aromatic heterocycles. The SMILES string of the molecule is CN1CCN(CCCOc2cc3ncnc4c3cc2OCCC/C=C/CCOc2cccc-4c2)CC1. The third kappa shape index (κ3) is 6.33. The van der Waals surface area contributed by atoms with Crippen LogP contribution in [-0.2, 0) is 0 Å². The van der Waals surface area contributed by atoms with Crippen LogP contribution in [0.2, 0.25) is 0 Å². The number of hydrogen-bond acceptors (Lipinski definition) is 7. The third-order valence-corrected chi connectivity index (χ3v) is 6.77. The van der Waals surface area contributed by atoms with E-state index in [1.165, 1.54) is 0 Å². The van der Waals surface area contributed by atoms with Crippen LogP contribution >= 0.6 is 0 Å². The summed E-state index contributed by atoms with van der Waals surface area (Å²) in [4.78, 5) is 14.1. The number of benzene rings is 2. The largest absolute Gasteiger partial charge is 0.493 e. The van der Waals surface area contributed by atoms with Gasteiger partial charge in [0.05, 0.1) is 31.0 Å². The van der Waals surface area contributed by atoms with Gasteiger partial charge in [0.1, 0.15) is 12.1 Å². The summed E-state index contributed by atoms with van der Waals surface area (Å²) in [6.45, 7) is 7.50. The van der Waals surface area contributed by atoms with Crippen molar-refractivity contribution >= 4 is 10.9 Å². The molecular formula is C29H36N4O3. The van der Waals surface area contributed by atoms with Crippen LogP contribution in [0, 0.1) is 0 Å². The summed E-state index contributed by atoms with van der Waals surface area (Å²) in [5.74, 6) is 2.34. The zero-order valence-corrected chi connectivity index (χ0v) is 21.2. The second-order valence-electron chi connectivity index (χ2n) is 9.51. The van der Waals surface area contributed by atoms with Crippen LogP contribution in [-0.4, -0.2) is 79.4 Å². The Labute approximate surface area is 213 Å². The first-order valence-corrected chi connectivity index (χ1v) is 13.1. The normalized spacial score (nSPS) is 18.5. The molecule has 2 aliphatic heterocycles. The van der Waals surface area contributed by atoms with Crippen LogP contribution in [0.1, 0.15) is 25.7 Å². The Bertz CT molecular complexity index is 1170. The Morgan fingerprint density at radius 1 is 0.944 bits per heavy atom. The first-order valence-electron chi connectivity index (χ1n) is 13.1. The quantitative estimate of drug-likeness (QED) is 0.377. The van der Waals surface area contributed by atoms with Gasteiger partial charge in [-0.25, -0.2) is 9.97 Å². The van der Waals surface area contributed by atoms with Crippen LogP contribution in [0.15, 0.2) is 54.9 Å². The maximum absolute atomic E-state index is 6.27. The minimum absolute atomic E-state index is 0.627. The fourth-order valence-electron chi connectivity index (χ4n) is 4.66. The number of ether oxygens (including phenoxy) is 3. The van der Waals surface area contributed by atoms with Crippen LogP contribution in [0.3, 0.4) is 0 Å². The number of allylic oxidation sites excluding steroid dienone is 1. The Hall–Kier alpha value is -3.16. The topological polar surface area (TPSA) is 60.0 Å². The maximum atomic E-state index is 6.27. The summed E-state index contributed by atoms with van der Waals surface area (Å²) < 4.78 is 18.5. The highest BCUT2D eigenvalue weighted by molar-refractivity contribution is 5.94. The van der Waals surface area contributed by atoms with E-state index < -0.39 is 0 Å². The molecule has 0 amide bonds. The fourth-order valence-corrected chi connectivity index (χ4v) is 4.66.